The van der Waals surface area contributed by atoms with Crippen LogP contribution in [0.4, 0.5) is 19.2 Å². The lowest BCUT2D eigenvalue weighted by molar-refractivity contribution is -0.148. The Morgan fingerprint density at radius 1 is 0.640 bits per heavy atom. The molecule has 0 amide bonds. The second-order valence-corrected chi connectivity index (χ2v) is 9.98. The van der Waals surface area contributed by atoms with E-state index in [9.17, 15) is 38.4 Å². The van der Waals surface area contributed by atoms with Crippen molar-refractivity contribution in [3.05, 3.63) is 0 Å². The van der Waals surface area contributed by atoms with E-state index >= 15 is 0 Å². The second kappa shape index (κ2) is 26.9. The molecular formula is C30H46O20. The van der Waals surface area contributed by atoms with Gasteiger partial charge in [-0.05, 0) is 19.3 Å². The van der Waals surface area contributed by atoms with Crippen LogP contribution in [0.1, 0.15) is 66.7 Å². The fourth-order valence-electron chi connectivity index (χ4n) is 3.11. The van der Waals surface area contributed by atoms with Gasteiger partial charge in [-0.3, -0.25) is 19.2 Å². The highest BCUT2D eigenvalue weighted by Crippen LogP contribution is 2.08. The van der Waals surface area contributed by atoms with Crippen molar-refractivity contribution in [2.24, 2.45) is 0 Å². The topological polar surface area (TPSA) is 247 Å². The summed E-state index contributed by atoms with van der Waals surface area (Å²) in [5.41, 5.74) is 0. The van der Waals surface area contributed by atoms with E-state index in [0.29, 0.717) is 19.3 Å². The van der Waals surface area contributed by atoms with Gasteiger partial charge in [-0.15, -0.1) is 0 Å². The Kier molecular flexibility index (Phi) is 24.2. The van der Waals surface area contributed by atoms with Crippen molar-refractivity contribution >= 4 is 48.5 Å². The molecule has 2 saturated heterocycles. The first-order valence-electron chi connectivity index (χ1n) is 15.5. The van der Waals surface area contributed by atoms with Crippen LogP contribution in [-0.4, -0.2) is 126 Å². The molecule has 4 atom stereocenters. The lowest BCUT2D eigenvalue weighted by Crippen LogP contribution is -2.33. The van der Waals surface area contributed by atoms with Gasteiger partial charge < -0.3 is 56.8 Å². The summed E-state index contributed by atoms with van der Waals surface area (Å²) in [4.78, 5) is 87.0. The lowest BCUT2D eigenvalue weighted by Gasteiger charge is -2.20. The molecule has 286 valence electrons. The molecule has 0 spiro atoms. The molecule has 2 fully saturated rings. The van der Waals surface area contributed by atoms with Gasteiger partial charge in [0.05, 0.1) is 7.11 Å². The molecule has 20 nitrogen and oxygen atoms in total. The third-order valence-corrected chi connectivity index (χ3v) is 5.55. The molecule has 0 aliphatic carbocycles. The second-order valence-electron chi connectivity index (χ2n) is 9.98. The number of carbonyl (C=O) groups is 8. The quantitative estimate of drug-likeness (QED) is 0.154. The van der Waals surface area contributed by atoms with Crippen molar-refractivity contribution in [2.45, 2.75) is 91.1 Å². The Balaban J connectivity index is 0.000000821. The van der Waals surface area contributed by atoms with Gasteiger partial charge in [0.15, 0.2) is 18.3 Å². The van der Waals surface area contributed by atoms with Gasteiger partial charge in [-0.2, -0.15) is 0 Å². The number of ether oxygens (including phenoxy) is 12. The summed E-state index contributed by atoms with van der Waals surface area (Å²) in [6, 6.07) is 0. The molecule has 2 heterocycles. The van der Waals surface area contributed by atoms with Gasteiger partial charge in [0, 0.05) is 26.7 Å². The number of hydrogen-bond acceptors (Lipinski definition) is 20. The van der Waals surface area contributed by atoms with E-state index in [4.69, 9.17) is 23.7 Å². The zero-order chi connectivity index (χ0) is 37.9. The maximum absolute atomic E-state index is 11.9. The summed E-state index contributed by atoms with van der Waals surface area (Å²) < 4.78 is 56.3. The largest absolute Gasteiger partial charge is 0.509 e. The summed E-state index contributed by atoms with van der Waals surface area (Å²) in [7, 11) is 1.12. The summed E-state index contributed by atoms with van der Waals surface area (Å²) in [5, 5.41) is 0. The number of rotatable bonds is 17. The van der Waals surface area contributed by atoms with E-state index in [-0.39, 0.29) is 58.0 Å². The van der Waals surface area contributed by atoms with Gasteiger partial charge in [0.25, 0.3) is 0 Å². The Hall–Kier alpha value is -5.04. The summed E-state index contributed by atoms with van der Waals surface area (Å²) in [6.07, 6.45) is -3.66. The Morgan fingerprint density at radius 2 is 1.10 bits per heavy atom. The third-order valence-electron chi connectivity index (χ3n) is 5.55. The first kappa shape index (κ1) is 45.0. The molecule has 4 unspecified atom stereocenters. The maximum atomic E-state index is 11.9. The number of esters is 4. The molecule has 50 heavy (non-hydrogen) atoms. The molecular weight excluding hydrogens is 680 g/mol. The Morgan fingerprint density at radius 3 is 1.54 bits per heavy atom. The van der Waals surface area contributed by atoms with Crippen LogP contribution in [0.2, 0.25) is 0 Å². The van der Waals surface area contributed by atoms with Gasteiger partial charge in [-0.25, -0.2) is 19.2 Å². The van der Waals surface area contributed by atoms with Gasteiger partial charge in [-0.1, -0.05) is 20.8 Å². The van der Waals surface area contributed by atoms with Gasteiger partial charge in [0.2, 0.25) is 0 Å². The highest BCUT2D eigenvalue weighted by molar-refractivity contribution is 5.70. The maximum Gasteiger partial charge on any atom is 0.509 e. The molecule has 0 saturated carbocycles. The van der Waals surface area contributed by atoms with E-state index in [1.54, 1.807) is 6.92 Å². The standard InChI is InChI=1S/C16H26O10.C8H12O5.C6H8O5/c1-5-7-14(18)23-8-12(6-2)25-16(20)26-13(9-22-11(3)17)10-24-15(19)21-4;1-2-3-7(9)11-4-6-5-12-8(10)13-6;1-4(7)9-2-5-3-10-6(8)11-5/h12-13H,5-10H2,1-4H3;6H,2-5H2,1H3;5H,2-3H2,1H3. The predicted octanol–water partition coefficient (Wildman–Crippen LogP) is 2.93. The van der Waals surface area contributed by atoms with Crippen molar-refractivity contribution in [1.29, 1.82) is 0 Å². The number of carbonyl (C=O) groups excluding carboxylic acids is 8. The average Bonchev–Trinajstić information content (AvgIpc) is 3.69. The number of cyclic esters (lactones) is 4. The number of hydrogen-bond donors (Lipinski definition) is 0. The van der Waals surface area contributed by atoms with E-state index in [2.05, 4.69) is 33.2 Å². The van der Waals surface area contributed by atoms with Crippen molar-refractivity contribution in [3.63, 3.8) is 0 Å². The summed E-state index contributed by atoms with van der Waals surface area (Å²) >= 11 is 0. The van der Waals surface area contributed by atoms with Gasteiger partial charge >= 0.3 is 48.5 Å². The minimum Gasteiger partial charge on any atom is -0.462 e. The van der Waals surface area contributed by atoms with Crippen LogP contribution in [0.25, 0.3) is 0 Å². The average molecular weight is 727 g/mol. The molecule has 0 aromatic carbocycles. The van der Waals surface area contributed by atoms with Crippen LogP contribution < -0.4 is 0 Å². The molecule has 0 N–H and O–H groups in total. The minimum atomic E-state index is -1.08. The molecule has 2 rings (SSSR count). The fourth-order valence-corrected chi connectivity index (χ4v) is 3.11. The van der Waals surface area contributed by atoms with Crippen LogP contribution >= 0.6 is 0 Å². The zero-order valence-electron chi connectivity index (χ0n) is 29.0. The van der Waals surface area contributed by atoms with Crippen LogP contribution in [-0.2, 0) is 76.0 Å². The smallest absolute Gasteiger partial charge is 0.462 e. The predicted molar refractivity (Wildman–Crippen MR) is 161 cm³/mol. The zero-order valence-corrected chi connectivity index (χ0v) is 29.0. The van der Waals surface area contributed by atoms with Crippen molar-refractivity contribution in [1.82, 2.24) is 0 Å². The van der Waals surface area contributed by atoms with Crippen LogP contribution in [0.15, 0.2) is 0 Å². The molecule has 2 aliphatic rings. The minimum absolute atomic E-state index is 0.0705. The van der Waals surface area contributed by atoms with Crippen molar-refractivity contribution in [2.75, 3.05) is 53.4 Å². The molecule has 0 radical (unpaired) electrons. The van der Waals surface area contributed by atoms with Crippen molar-refractivity contribution < 1.29 is 95.2 Å². The monoisotopic (exact) mass is 726 g/mol. The normalized spacial score (nSPS) is 16.7. The molecule has 0 aromatic rings. The Labute approximate surface area is 288 Å². The number of methoxy groups -OCH3 is 1. The molecule has 2 aliphatic heterocycles. The molecule has 0 bridgehead atoms. The fraction of sp³-hybridized carbons (Fsp3) is 0.733. The van der Waals surface area contributed by atoms with E-state index in [0.717, 1.165) is 13.5 Å². The first-order valence-corrected chi connectivity index (χ1v) is 15.5. The highest BCUT2D eigenvalue weighted by Gasteiger charge is 2.27. The van der Waals surface area contributed by atoms with Crippen LogP contribution in [0, 0.1) is 0 Å². The van der Waals surface area contributed by atoms with E-state index in [1.807, 2.05) is 13.8 Å². The highest BCUT2D eigenvalue weighted by atomic mass is 16.8. The van der Waals surface area contributed by atoms with E-state index < -0.39 is 67.6 Å². The van der Waals surface area contributed by atoms with Crippen LogP contribution in [0.3, 0.4) is 0 Å². The summed E-state index contributed by atoms with van der Waals surface area (Å²) in [6.45, 7) is 7.59. The SMILES string of the molecule is CC(=O)OCC1COC(=O)O1.CCCC(=O)OCC(CC)OC(=O)OC(COC(C)=O)COC(=O)OC.CCCC(=O)OCC1COC(=O)O1. The molecule has 20 heteroatoms. The van der Waals surface area contributed by atoms with Crippen molar-refractivity contribution in [3.8, 4) is 0 Å². The third kappa shape index (κ3) is 24.2. The lowest BCUT2D eigenvalue weighted by atomic mass is 10.3. The van der Waals surface area contributed by atoms with E-state index in [1.165, 1.54) is 13.8 Å². The molecule has 0 aromatic heterocycles. The summed E-state index contributed by atoms with van der Waals surface area (Å²) in [5.74, 6) is -1.65. The Bertz CT molecular complexity index is 1090. The van der Waals surface area contributed by atoms with Gasteiger partial charge in [0.1, 0.15) is 52.4 Å². The van der Waals surface area contributed by atoms with Crippen LogP contribution in [0.5, 0.6) is 0 Å². The first-order chi connectivity index (χ1) is 23.7.